The second kappa shape index (κ2) is 10.1. The molecule has 0 amide bonds. The van der Waals surface area contributed by atoms with Crippen molar-refractivity contribution in [3.63, 3.8) is 0 Å². The molecule has 0 radical (unpaired) electrons. The summed E-state index contributed by atoms with van der Waals surface area (Å²) < 4.78 is 13.1. The average molecular weight is 462 g/mol. The first-order valence-electron chi connectivity index (χ1n) is 9.27. The van der Waals surface area contributed by atoms with Gasteiger partial charge in [-0.1, -0.05) is 29.3 Å². The molecule has 1 aliphatic rings. The van der Waals surface area contributed by atoms with Gasteiger partial charge in [0.25, 0.3) is 0 Å². The summed E-state index contributed by atoms with van der Waals surface area (Å²) in [6.45, 7) is 2.21. The molecule has 0 unspecified atom stereocenters. The molecule has 0 aliphatic carbocycles. The summed E-state index contributed by atoms with van der Waals surface area (Å²) in [5, 5.41) is 11.9. The van der Waals surface area contributed by atoms with Crippen molar-refractivity contribution in [3.05, 3.63) is 63.4 Å². The van der Waals surface area contributed by atoms with Crippen LogP contribution in [0.3, 0.4) is 0 Å². The molecule has 1 heterocycles. The number of anilines is 1. The summed E-state index contributed by atoms with van der Waals surface area (Å²) in [6.07, 6.45) is 2.21. The zero-order chi connectivity index (χ0) is 20.3. The van der Waals surface area contributed by atoms with Gasteiger partial charge in [-0.2, -0.15) is 0 Å². The Balaban J connectivity index is 0.00000300. The topological polar surface area (TPSA) is 66.6 Å². The Hall–Kier alpha value is -1.37. The second-order valence-electron chi connectivity index (χ2n) is 7.26. The number of likely N-dealkylation sites (tertiary alicyclic amines) is 1. The maximum Gasteiger partial charge on any atom is 0.164 e. The summed E-state index contributed by atoms with van der Waals surface area (Å²) in [5.41, 5.74) is 6.14. The minimum atomic E-state index is -0.914. The van der Waals surface area contributed by atoms with Crippen LogP contribution in [0.25, 0.3) is 0 Å². The average Bonchev–Trinajstić information content (AvgIpc) is 2.65. The van der Waals surface area contributed by atoms with Gasteiger partial charge in [0.05, 0.1) is 15.6 Å². The predicted octanol–water partition coefficient (Wildman–Crippen LogP) is 5.08. The van der Waals surface area contributed by atoms with Gasteiger partial charge in [0.15, 0.2) is 5.78 Å². The third kappa shape index (κ3) is 5.83. The third-order valence-electron chi connectivity index (χ3n) is 5.33. The molecule has 8 heteroatoms. The van der Waals surface area contributed by atoms with Crippen LogP contribution in [0.2, 0.25) is 10.0 Å². The van der Waals surface area contributed by atoms with E-state index in [1.54, 1.807) is 12.1 Å². The predicted molar refractivity (Wildman–Crippen MR) is 118 cm³/mol. The van der Waals surface area contributed by atoms with E-state index in [4.69, 9.17) is 28.9 Å². The van der Waals surface area contributed by atoms with E-state index >= 15 is 0 Å². The van der Waals surface area contributed by atoms with Crippen molar-refractivity contribution in [2.45, 2.75) is 31.3 Å². The largest absolute Gasteiger partial charge is 0.398 e. The Morgan fingerprint density at radius 1 is 1.14 bits per heavy atom. The molecule has 0 saturated carbocycles. The van der Waals surface area contributed by atoms with Crippen LogP contribution in [-0.2, 0) is 5.60 Å². The normalized spacial score (nSPS) is 16.3. The van der Waals surface area contributed by atoms with Gasteiger partial charge < -0.3 is 15.7 Å². The molecular weight excluding hydrogens is 438 g/mol. The zero-order valence-electron chi connectivity index (χ0n) is 15.8. The van der Waals surface area contributed by atoms with Gasteiger partial charge >= 0.3 is 0 Å². The van der Waals surface area contributed by atoms with Crippen LogP contribution in [0.5, 0.6) is 0 Å². The number of nitrogens with two attached hydrogens (primary N) is 1. The lowest BCUT2D eigenvalue weighted by Gasteiger charge is -2.38. The quantitative estimate of drug-likeness (QED) is 0.465. The number of ketones is 1. The van der Waals surface area contributed by atoms with E-state index in [1.165, 1.54) is 18.2 Å². The number of rotatable bonds is 6. The molecule has 1 saturated heterocycles. The molecule has 1 aliphatic heterocycles. The van der Waals surface area contributed by atoms with Crippen molar-refractivity contribution in [1.82, 2.24) is 4.90 Å². The fourth-order valence-electron chi connectivity index (χ4n) is 3.61. The molecule has 158 valence electrons. The molecule has 2 aromatic rings. The van der Waals surface area contributed by atoms with Gasteiger partial charge in [-0.05, 0) is 61.7 Å². The Kier molecular flexibility index (Phi) is 8.32. The van der Waals surface area contributed by atoms with Crippen molar-refractivity contribution in [3.8, 4) is 0 Å². The van der Waals surface area contributed by atoms with Crippen LogP contribution in [0, 0.1) is 5.82 Å². The fourth-order valence-corrected chi connectivity index (χ4v) is 3.90. The minimum Gasteiger partial charge on any atom is -0.398 e. The van der Waals surface area contributed by atoms with Crippen LogP contribution in [-0.4, -0.2) is 35.4 Å². The molecule has 0 spiro atoms. The van der Waals surface area contributed by atoms with Crippen molar-refractivity contribution in [2.75, 3.05) is 25.4 Å². The fraction of sp³-hybridized carbons (Fsp3) is 0.381. The molecule has 29 heavy (non-hydrogen) atoms. The highest BCUT2D eigenvalue weighted by Gasteiger charge is 2.34. The first kappa shape index (κ1) is 23.9. The first-order chi connectivity index (χ1) is 13.3. The van der Waals surface area contributed by atoms with Crippen LogP contribution >= 0.6 is 35.6 Å². The third-order valence-corrected chi connectivity index (χ3v) is 6.07. The number of carbonyl (C=O) groups is 1. The zero-order valence-corrected chi connectivity index (χ0v) is 18.2. The van der Waals surface area contributed by atoms with Crippen molar-refractivity contribution in [2.24, 2.45) is 0 Å². The molecular formula is C21H24Cl3FN2O2. The van der Waals surface area contributed by atoms with Crippen LogP contribution in [0.15, 0.2) is 36.4 Å². The van der Waals surface area contributed by atoms with Crippen LogP contribution < -0.4 is 5.73 Å². The summed E-state index contributed by atoms with van der Waals surface area (Å²) in [7, 11) is 0. The minimum absolute atomic E-state index is 0. The van der Waals surface area contributed by atoms with E-state index in [9.17, 15) is 14.3 Å². The summed E-state index contributed by atoms with van der Waals surface area (Å²) in [4.78, 5) is 14.5. The van der Waals surface area contributed by atoms with Crippen LogP contribution in [0.1, 0.15) is 41.6 Å². The molecule has 3 N–H and O–H groups in total. The number of Topliss-reactive ketones (excluding diaryl/α,β-unsaturated/α-hetero) is 1. The number of benzene rings is 2. The van der Waals surface area contributed by atoms with Gasteiger partial charge in [0.2, 0.25) is 0 Å². The highest BCUT2D eigenvalue weighted by atomic mass is 35.5. The van der Waals surface area contributed by atoms with E-state index < -0.39 is 11.4 Å². The van der Waals surface area contributed by atoms with Crippen LogP contribution in [0.4, 0.5) is 10.1 Å². The summed E-state index contributed by atoms with van der Waals surface area (Å²) in [6, 6.07) is 9.10. The number of nitrogen functional groups attached to an aromatic ring is 1. The van der Waals surface area contributed by atoms with E-state index in [-0.39, 0.29) is 23.9 Å². The Bertz CT molecular complexity index is 871. The number of hydrogen-bond acceptors (Lipinski definition) is 4. The van der Waals surface area contributed by atoms with Crippen molar-refractivity contribution < 1.29 is 14.3 Å². The molecule has 2 aromatic carbocycles. The first-order valence-corrected chi connectivity index (χ1v) is 10.0. The molecule has 1 fully saturated rings. The lowest BCUT2D eigenvalue weighted by Crippen LogP contribution is -2.42. The summed E-state index contributed by atoms with van der Waals surface area (Å²) >= 11 is 12.0. The Morgan fingerprint density at radius 3 is 2.45 bits per heavy atom. The number of nitrogens with zero attached hydrogens (tertiary/aromatic N) is 1. The number of halogens is 4. The molecule has 3 rings (SSSR count). The highest BCUT2D eigenvalue weighted by molar-refractivity contribution is 6.42. The van der Waals surface area contributed by atoms with Crippen molar-refractivity contribution in [1.29, 1.82) is 0 Å². The van der Waals surface area contributed by atoms with Crippen molar-refractivity contribution >= 4 is 47.1 Å². The molecule has 0 atom stereocenters. The smallest absolute Gasteiger partial charge is 0.164 e. The second-order valence-corrected chi connectivity index (χ2v) is 8.07. The number of piperidine rings is 1. The van der Waals surface area contributed by atoms with E-state index in [1.807, 2.05) is 6.07 Å². The van der Waals surface area contributed by atoms with Gasteiger partial charge in [0, 0.05) is 30.8 Å². The SMILES string of the molecule is Cl.Nc1cc(F)ccc1C(=O)CCCN1CCC(O)(c2ccc(Cl)c(Cl)c2)CC1. The van der Waals surface area contributed by atoms with Gasteiger partial charge in [0.1, 0.15) is 5.82 Å². The monoisotopic (exact) mass is 460 g/mol. The van der Waals surface area contributed by atoms with E-state index in [0.717, 1.165) is 25.2 Å². The Morgan fingerprint density at radius 2 is 1.83 bits per heavy atom. The Labute approximate surface area is 186 Å². The molecule has 0 bridgehead atoms. The van der Waals surface area contributed by atoms with E-state index in [0.29, 0.717) is 41.3 Å². The molecule has 4 nitrogen and oxygen atoms in total. The molecule has 0 aromatic heterocycles. The number of hydrogen-bond donors (Lipinski definition) is 2. The lowest BCUT2D eigenvalue weighted by molar-refractivity contribution is -0.0260. The maximum absolute atomic E-state index is 13.1. The summed E-state index contributed by atoms with van der Waals surface area (Å²) in [5.74, 6) is -0.529. The lowest BCUT2D eigenvalue weighted by atomic mass is 9.84. The number of carbonyl (C=O) groups excluding carboxylic acids is 1. The van der Waals surface area contributed by atoms with E-state index in [2.05, 4.69) is 4.90 Å². The van der Waals surface area contributed by atoms with Gasteiger partial charge in [-0.25, -0.2) is 4.39 Å². The van der Waals surface area contributed by atoms with Gasteiger partial charge in [-0.15, -0.1) is 12.4 Å². The standard InChI is InChI=1S/C21H23Cl2FN2O2.ClH/c22-17-6-3-14(12-18(17)23)21(28)7-10-26(11-8-21)9-1-2-20(27)16-5-4-15(24)13-19(16)25;/h3-6,12-13,28H,1-2,7-11,25H2;1H. The maximum atomic E-state index is 13.1. The highest BCUT2D eigenvalue weighted by Crippen LogP contribution is 2.35. The van der Waals surface area contributed by atoms with Gasteiger partial charge in [-0.3, -0.25) is 4.79 Å². The number of aliphatic hydroxyl groups is 1.